The van der Waals surface area contributed by atoms with Crippen molar-refractivity contribution in [1.82, 2.24) is 4.57 Å². The van der Waals surface area contributed by atoms with Crippen LogP contribution in [0.1, 0.15) is 12.8 Å². The highest BCUT2D eigenvalue weighted by Crippen LogP contribution is 2.41. The number of methoxy groups -OCH3 is 3. The van der Waals surface area contributed by atoms with Crippen LogP contribution in [0.25, 0.3) is 11.3 Å². The van der Waals surface area contributed by atoms with E-state index >= 15 is 0 Å². The van der Waals surface area contributed by atoms with E-state index in [-0.39, 0.29) is 6.10 Å². The lowest BCUT2D eigenvalue weighted by atomic mass is 10.1. The first-order valence-electron chi connectivity index (χ1n) is 10.1. The second kappa shape index (κ2) is 10.2. The number of rotatable bonds is 7. The lowest BCUT2D eigenvalue weighted by molar-refractivity contribution is 0.0968. The number of halogens is 2. The van der Waals surface area contributed by atoms with Gasteiger partial charge in [-0.1, -0.05) is 23.2 Å². The van der Waals surface area contributed by atoms with Gasteiger partial charge in [0.2, 0.25) is 5.75 Å². The molecule has 0 aliphatic carbocycles. The summed E-state index contributed by atoms with van der Waals surface area (Å²) < 4.78 is 24.7. The fourth-order valence-electron chi connectivity index (χ4n) is 3.72. The summed E-state index contributed by atoms with van der Waals surface area (Å²) in [5, 5.41) is 3.15. The van der Waals surface area contributed by atoms with Gasteiger partial charge in [-0.05, 0) is 43.2 Å². The molecule has 170 valence electrons. The molecule has 0 amide bonds. The Morgan fingerprint density at radius 1 is 1.09 bits per heavy atom. The molecule has 3 aromatic rings. The molecule has 2 heterocycles. The quantitative estimate of drug-likeness (QED) is 0.406. The van der Waals surface area contributed by atoms with Gasteiger partial charge in [0.15, 0.2) is 16.3 Å². The Kier molecular flexibility index (Phi) is 7.30. The zero-order valence-electron chi connectivity index (χ0n) is 18.1. The predicted molar refractivity (Wildman–Crippen MR) is 128 cm³/mol. The highest BCUT2D eigenvalue weighted by molar-refractivity contribution is 7.07. The molecule has 32 heavy (non-hydrogen) atoms. The van der Waals surface area contributed by atoms with Gasteiger partial charge in [0.25, 0.3) is 0 Å². The Labute approximate surface area is 200 Å². The average Bonchev–Trinajstić information content (AvgIpc) is 3.45. The van der Waals surface area contributed by atoms with Crippen LogP contribution in [0.4, 0.5) is 5.69 Å². The lowest BCUT2D eigenvalue weighted by Gasteiger charge is -2.17. The van der Waals surface area contributed by atoms with Crippen LogP contribution < -0.4 is 19.0 Å². The number of thiazole rings is 1. The van der Waals surface area contributed by atoms with Crippen molar-refractivity contribution in [3.8, 4) is 28.5 Å². The fourth-order valence-corrected chi connectivity index (χ4v) is 5.10. The minimum Gasteiger partial charge on any atom is -0.493 e. The standard InChI is InChI=1S/C23H24Cl2N2O4S/c1-28-20-9-14(10-21(29-2)22(20)30-3)19-13-32-23(27(19)12-16-5-4-8-31-16)26-18-7-6-15(24)11-17(18)25/h6-7,9-11,13,16H,4-5,8,12H2,1-3H3. The summed E-state index contributed by atoms with van der Waals surface area (Å²) in [6, 6.07) is 9.17. The summed E-state index contributed by atoms with van der Waals surface area (Å²) in [6.45, 7) is 1.46. The molecule has 9 heteroatoms. The first-order valence-corrected chi connectivity index (χ1v) is 11.8. The predicted octanol–water partition coefficient (Wildman–Crippen LogP) is 5.96. The first kappa shape index (κ1) is 23.0. The van der Waals surface area contributed by atoms with E-state index in [0.29, 0.717) is 39.5 Å². The number of nitrogens with zero attached hydrogens (tertiary/aromatic N) is 2. The van der Waals surface area contributed by atoms with Crippen molar-refractivity contribution in [3.63, 3.8) is 0 Å². The molecule has 0 saturated carbocycles. The van der Waals surface area contributed by atoms with Crippen molar-refractivity contribution in [2.24, 2.45) is 4.99 Å². The van der Waals surface area contributed by atoms with Crippen LogP contribution in [0, 0.1) is 0 Å². The first-order chi connectivity index (χ1) is 15.5. The van der Waals surface area contributed by atoms with Crippen molar-refractivity contribution in [2.75, 3.05) is 27.9 Å². The van der Waals surface area contributed by atoms with Crippen LogP contribution >= 0.6 is 34.5 Å². The van der Waals surface area contributed by atoms with Gasteiger partial charge in [-0.2, -0.15) is 0 Å². The number of aromatic nitrogens is 1. The molecule has 1 fully saturated rings. The number of hydrogen-bond acceptors (Lipinski definition) is 6. The maximum atomic E-state index is 6.38. The van der Waals surface area contributed by atoms with Gasteiger partial charge in [-0.3, -0.25) is 0 Å². The molecule has 1 aliphatic rings. The molecular weight excluding hydrogens is 471 g/mol. The molecular formula is C23H24Cl2N2O4S. The highest BCUT2D eigenvalue weighted by atomic mass is 35.5. The molecule has 1 saturated heterocycles. The molecule has 0 N–H and O–H groups in total. The number of hydrogen-bond donors (Lipinski definition) is 0. The minimum atomic E-state index is 0.130. The Bertz CT molecular complexity index is 1140. The van der Waals surface area contributed by atoms with Gasteiger partial charge < -0.3 is 23.5 Å². The molecule has 4 rings (SSSR count). The fraction of sp³-hybridized carbons (Fsp3) is 0.348. The zero-order chi connectivity index (χ0) is 22.7. The number of benzene rings is 2. The average molecular weight is 495 g/mol. The van der Waals surface area contributed by atoms with E-state index in [0.717, 1.165) is 35.5 Å². The Hall–Kier alpha value is -2.19. The Morgan fingerprint density at radius 2 is 1.84 bits per heavy atom. The van der Waals surface area contributed by atoms with Crippen molar-refractivity contribution in [2.45, 2.75) is 25.5 Å². The molecule has 6 nitrogen and oxygen atoms in total. The van der Waals surface area contributed by atoms with Crippen molar-refractivity contribution in [1.29, 1.82) is 0 Å². The van der Waals surface area contributed by atoms with Crippen molar-refractivity contribution < 1.29 is 18.9 Å². The van der Waals surface area contributed by atoms with Gasteiger partial charge in [-0.25, -0.2) is 4.99 Å². The maximum absolute atomic E-state index is 6.38. The summed E-state index contributed by atoms with van der Waals surface area (Å²) in [7, 11) is 4.81. The number of ether oxygens (including phenoxy) is 4. The van der Waals surface area contributed by atoms with E-state index in [1.54, 1.807) is 33.5 Å². The summed E-state index contributed by atoms with van der Waals surface area (Å²) >= 11 is 14.0. The van der Waals surface area contributed by atoms with Crippen molar-refractivity contribution in [3.05, 3.63) is 50.6 Å². The molecule has 1 atom stereocenters. The molecule has 1 aliphatic heterocycles. The topological polar surface area (TPSA) is 54.2 Å². The SMILES string of the molecule is COc1cc(-c2csc(=Nc3ccc(Cl)cc3Cl)n2CC2CCCO2)cc(OC)c1OC. The van der Waals surface area contributed by atoms with E-state index in [1.807, 2.05) is 18.2 Å². The summed E-state index contributed by atoms with van der Waals surface area (Å²) in [5.74, 6) is 1.74. The van der Waals surface area contributed by atoms with E-state index in [1.165, 1.54) is 11.3 Å². The summed E-state index contributed by atoms with van der Waals surface area (Å²) in [5.41, 5.74) is 2.57. The monoisotopic (exact) mass is 494 g/mol. The molecule has 1 unspecified atom stereocenters. The smallest absolute Gasteiger partial charge is 0.203 e. The largest absolute Gasteiger partial charge is 0.493 e. The van der Waals surface area contributed by atoms with Gasteiger partial charge >= 0.3 is 0 Å². The maximum Gasteiger partial charge on any atom is 0.203 e. The third kappa shape index (κ3) is 4.76. The Balaban J connectivity index is 1.87. The zero-order valence-corrected chi connectivity index (χ0v) is 20.4. The van der Waals surface area contributed by atoms with Crippen molar-refractivity contribution >= 4 is 40.2 Å². The molecule has 0 bridgehead atoms. The van der Waals surface area contributed by atoms with Crippen LogP contribution in [0.2, 0.25) is 10.0 Å². The Morgan fingerprint density at radius 3 is 2.44 bits per heavy atom. The van der Waals surface area contributed by atoms with Gasteiger partial charge in [-0.15, -0.1) is 11.3 Å². The minimum absolute atomic E-state index is 0.130. The molecule has 2 aromatic carbocycles. The molecule has 0 spiro atoms. The second-order valence-corrected chi connectivity index (χ2v) is 8.95. The van der Waals surface area contributed by atoms with Crippen LogP contribution in [0.3, 0.4) is 0 Å². The molecule has 1 aromatic heterocycles. The van der Waals surface area contributed by atoms with Gasteiger partial charge in [0.05, 0.1) is 50.4 Å². The second-order valence-electron chi connectivity index (χ2n) is 7.27. The summed E-state index contributed by atoms with van der Waals surface area (Å²) in [4.78, 5) is 5.65. The lowest BCUT2D eigenvalue weighted by Crippen LogP contribution is -2.24. The van der Waals surface area contributed by atoms with Crippen LogP contribution in [0.5, 0.6) is 17.2 Å². The van der Waals surface area contributed by atoms with Crippen LogP contribution in [-0.2, 0) is 11.3 Å². The summed E-state index contributed by atoms with van der Waals surface area (Å²) in [6.07, 6.45) is 2.20. The van der Waals surface area contributed by atoms with E-state index in [9.17, 15) is 0 Å². The third-order valence-corrected chi connectivity index (χ3v) is 6.70. The van der Waals surface area contributed by atoms with Crippen LogP contribution in [0.15, 0.2) is 40.7 Å². The van der Waals surface area contributed by atoms with Gasteiger partial charge in [0, 0.05) is 22.6 Å². The van der Waals surface area contributed by atoms with Crippen LogP contribution in [-0.4, -0.2) is 38.6 Å². The van der Waals surface area contributed by atoms with E-state index in [4.69, 9.17) is 47.1 Å². The normalized spacial score (nSPS) is 16.4. The van der Waals surface area contributed by atoms with Gasteiger partial charge in [0.1, 0.15) is 0 Å². The third-order valence-electron chi connectivity index (χ3n) is 5.29. The van der Waals surface area contributed by atoms with E-state index < -0.39 is 0 Å². The highest BCUT2D eigenvalue weighted by Gasteiger charge is 2.21. The molecule has 0 radical (unpaired) electrons. The van der Waals surface area contributed by atoms with E-state index in [2.05, 4.69) is 9.95 Å².